The van der Waals surface area contributed by atoms with E-state index in [1.54, 1.807) is 0 Å². The average molecular weight is 523 g/mol. The molecule has 0 aromatic heterocycles. The molecule has 0 fully saturated rings. The van der Waals surface area contributed by atoms with E-state index in [9.17, 15) is 4.79 Å². The summed E-state index contributed by atoms with van der Waals surface area (Å²) in [6.45, 7) is 8.68. The number of likely N-dealkylation sites (N-methyl/N-ethyl adjacent to an activating group) is 1. The smallest absolute Gasteiger partial charge is 0.238 e. The molecule has 1 amide bonds. The van der Waals surface area contributed by atoms with E-state index in [-0.39, 0.29) is 29.9 Å². The molecule has 0 bridgehead atoms. The molecule has 0 saturated heterocycles. The van der Waals surface area contributed by atoms with Crippen LogP contribution in [0.15, 0.2) is 47.5 Å². The van der Waals surface area contributed by atoms with Gasteiger partial charge in [0.1, 0.15) is 0 Å². The molecular formula is C23H34IN5O. The monoisotopic (exact) mass is 523 g/mol. The normalized spacial score (nSPS) is 11.1. The number of carbonyl (C=O) groups is 1. The maximum absolute atomic E-state index is 12.0. The van der Waals surface area contributed by atoms with Crippen LogP contribution in [0.25, 0.3) is 0 Å². The van der Waals surface area contributed by atoms with E-state index in [4.69, 9.17) is 0 Å². The molecule has 0 saturated carbocycles. The third kappa shape index (κ3) is 9.13. The van der Waals surface area contributed by atoms with Crippen LogP contribution in [0, 0.1) is 13.8 Å². The molecular weight excluding hydrogens is 489 g/mol. The molecule has 2 aromatic carbocycles. The van der Waals surface area contributed by atoms with Gasteiger partial charge in [0.2, 0.25) is 5.91 Å². The number of guanidine groups is 1. The van der Waals surface area contributed by atoms with Gasteiger partial charge in [-0.05, 0) is 63.7 Å². The van der Waals surface area contributed by atoms with Crippen LogP contribution in [0.1, 0.15) is 29.2 Å². The number of benzene rings is 2. The molecule has 0 radical (unpaired) electrons. The lowest BCUT2D eigenvalue weighted by atomic mass is 10.1. The van der Waals surface area contributed by atoms with Crippen LogP contribution in [0.3, 0.4) is 0 Å². The predicted molar refractivity (Wildman–Crippen MR) is 137 cm³/mol. The van der Waals surface area contributed by atoms with Crippen LogP contribution in [-0.4, -0.2) is 44.0 Å². The molecule has 0 spiro atoms. The Balaban J connectivity index is 0.00000450. The van der Waals surface area contributed by atoms with Crippen molar-refractivity contribution in [2.45, 2.75) is 33.9 Å². The molecule has 2 aromatic rings. The SMILES string of the molecule is CCNC(=NCc1cccc(NC(=O)CN(C)C)c1)NCc1ccc(C)cc1C.I. The number of aliphatic imine (C=N–C) groups is 1. The van der Waals surface area contributed by atoms with Gasteiger partial charge in [-0.2, -0.15) is 0 Å². The molecule has 0 aliphatic rings. The topological polar surface area (TPSA) is 68.8 Å². The molecule has 6 nitrogen and oxygen atoms in total. The van der Waals surface area contributed by atoms with E-state index in [1.807, 2.05) is 43.3 Å². The minimum absolute atomic E-state index is 0. The van der Waals surface area contributed by atoms with Gasteiger partial charge in [0.25, 0.3) is 0 Å². The molecule has 0 unspecified atom stereocenters. The van der Waals surface area contributed by atoms with E-state index in [0.29, 0.717) is 13.1 Å². The number of carbonyl (C=O) groups excluding carboxylic acids is 1. The third-order valence-electron chi connectivity index (χ3n) is 4.38. The summed E-state index contributed by atoms with van der Waals surface area (Å²) in [5.41, 5.74) is 5.62. The summed E-state index contributed by atoms with van der Waals surface area (Å²) in [4.78, 5) is 18.5. The number of hydrogen-bond donors (Lipinski definition) is 3. The molecule has 0 heterocycles. The van der Waals surface area contributed by atoms with Crippen LogP contribution < -0.4 is 16.0 Å². The molecule has 30 heavy (non-hydrogen) atoms. The van der Waals surface area contributed by atoms with E-state index in [0.717, 1.165) is 30.3 Å². The molecule has 0 aliphatic carbocycles. The number of rotatable bonds is 8. The van der Waals surface area contributed by atoms with Gasteiger partial charge in [0.05, 0.1) is 13.1 Å². The van der Waals surface area contributed by atoms with Gasteiger partial charge in [-0.25, -0.2) is 4.99 Å². The van der Waals surface area contributed by atoms with Gasteiger partial charge in [-0.15, -0.1) is 24.0 Å². The Labute approximate surface area is 197 Å². The lowest BCUT2D eigenvalue weighted by Crippen LogP contribution is -2.36. The largest absolute Gasteiger partial charge is 0.357 e. The van der Waals surface area contributed by atoms with Crippen molar-refractivity contribution in [2.24, 2.45) is 4.99 Å². The predicted octanol–water partition coefficient (Wildman–Crippen LogP) is 3.68. The zero-order valence-corrected chi connectivity index (χ0v) is 20.9. The minimum Gasteiger partial charge on any atom is -0.357 e. The van der Waals surface area contributed by atoms with Gasteiger partial charge in [0, 0.05) is 18.8 Å². The fourth-order valence-electron chi connectivity index (χ4n) is 2.97. The number of anilines is 1. The minimum atomic E-state index is -0.0286. The van der Waals surface area contributed by atoms with Crippen molar-refractivity contribution < 1.29 is 4.79 Å². The summed E-state index contributed by atoms with van der Waals surface area (Å²) in [6, 6.07) is 14.3. The number of hydrogen-bond acceptors (Lipinski definition) is 3. The summed E-state index contributed by atoms with van der Waals surface area (Å²) in [5.74, 6) is 0.744. The highest BCUT2D eigenvalue weighted by atomic mass is 127. The standard InChI is InChI=1S/C23H33N5O.HI/c1-6-24-23(26-15-20-11-10-17(2)12-18(20)3)25-14-19-8-7-9-21(13-19)27-22(29)16-28(4)5;/h7-13H,6,14-16H2,1-5H3,(H,27,29)(H2,24,25,26);1H. The molecule has 0 atom stereocenters. The van der Waals surface area contributed by atoms with Crippen LogP contribution >= 0.6 is 24.0 Å². The first kappa shape index (κ1) is 25.9. The van der Waals surface area contributed by atoms with Crippen LogP contribution in [0.5, 0.6) is 0 Å². The zero-order valence-electron chi connectivity index (χ0n) is 18.6. The molecule has 2 rings (SSSR count). The van der Waals surface area contributed by atoms with Crippen LogP contribution in [0.2, 0.25) is 0 Å². The second-order valence-electron chi connectivity index (χ2n) is 7.46. The summed E-state index contributed by atoms with van der Waals surface area (Å²) in [5, 5.41) is 9.61. The molecule has 7 heteroatoms. The highest BCUT2D eigenvalue weighted by Gasteiger charge is 2.05. The van der Waals surface area contributed by atoms with Crippen LogP contribution in [-0.2, 0) is 17.9 Å². The highest BCUT2D eigenvalue weighted by Crippen LogP contribution is 2.12. The fraction of sp³-hybridized carbons (Fsp3) is 0.391. The van der Waals surface area contributed by atoms with Gasteiger partial charge >= 0.3 is 0 Å². The lowest BCUT2D eigenvalue weighted by Gasteiger charge is -2.13. The number of nitrogens with one attached hydrogen (secondary N) is 3. The van der Waals surface area contributed by atoms with Gasteiger partial charge in [0.15, 0.2) is 5.96 Å². The summed E-state index contributed by atoms with van der Waals surface area (Å²) in [7, 11) is 3.75. The van der Waals surface area contributed by atoms with Gasteiger partial charge in [-0.1, -0.05) is 35.9 Å². The fourth-order valence-corrected chi connectivity index (χ4v) is 2.97. The zero-order chi connectivity index (χ0) is 21.2. The number of halogens is 1. The molecule has 0 aliphatic heterocycles. The van der Waals surface area contributed by atoms with Gasteiger partial charge < -0.3 is 20.9 Å². The van der Waals surface area contributed by atoms with Crippen molar-refractivity contribution in [3.8, 4) is 0 Å². The average Bonchev–Trinajstić information content (AvgIpc) is 2.64. The Hall–Kier alpha value is -2.13. The maximum Gasteiger partial charge on any atom is 0.238 e. The maximum atomic E-state index is 12.0. The Morgan fingerprint density at radius 3 is 2.50 bits per heavy atom. The first-order valence-electron chi connectivity index (χ1n) is 9.99. The van der Waals surface area contributed by atoms with Crippen molar-refractivity contribution in [3.63, 3.8) is 0 Å². The Bertz CT molecular complexity index is 851. The first-order chi connectivity index (χ1) is 13.9. The first-order valence-corrected chi connectivity index (χ1v) is 9.99. The van der Waals surface area contributed by atoms with E-state index >= 15 is 0 Å². The van der Waals surface area contributed by atoms with Crippen molar-refractivity contribution in [1.29, 1.82) is 0 Å². The van der Waals surface area contributed by atoms with E-state index in [2.05, 4.69) is 59.9 Å². The van der Waals surface area contributed by atoms with Crippen LogP contribution in [0.4, 0.5) is 5.69 Å². The second-order valence-corrected chi connectivity index (χ2v) is 7.46. The lowest BCUT2D eigenvalue weighted by molar-refractivity contribution is -0.116. The van der Waals surface area contributed by atoms with E-state index in [1.165, 1.54) is 16.7 Å². The quantitative estimate of drug-likeness (QED) is 0.281. The summed E-state index contributed by atoms with van der Waals surface area (Å²) < 4.78 is 0. The number of aryl methyl sites for hydroxylation is 2. The molecule has 3 N–H and O–H groups in total. The van der Waals surface area contributed by atoms with E-state index < -0.39 is 0 Å². The summed E-state index contributed by atoms with van der Waals surface area (Å²) in [6.07, 6.45) is 0. The van der Waals surface area contributed by atoms with Crippen molar-refractivity contribution >= 4 is 41.5 Å². The van der Waals surface area contributed by atoms with Crippen molar-refractivity contribution in [2.75, 3.05) is 32.5 Å². The van der Waals surface area contributed by atoms with Gasteiger partial charge in [-0.3, -0.25) is 4.79 Å². The number of amides is 1. The Kier molecular flexibility index (Phi) is 11.4. The summed E-state index contributed by atoms with van der Waals surface area (Å²) >= 11 is 0. The number of nitrogens with zero attached hydrogens (tertiary/aromatic N) is 2. The Morgan fingerprint density at radius 2 is 1.83 bits per heavy atom. The molecule has 164 valence electrons. The van der Waals surface area contributed by atoms with Crippen molar-refractivity contribution in [1.82, 2.24) is 15.5 Å². The van der Waals surface area contributed by atoms with Crippen molar-refractivity contribution in [3.05, 3.63) is 64.7 Å². The Morgan fingerprint density at radius 1 is 1.07 bits per heavy atom. The highest BCUT2D eigenvalue weighted by molar-refractivity contribution is 14.0. The second kappa shape index (κ2) is 13.2. The third-order valence-corrected chi connectivity index (χ3v) is 4.38.